The Hall–Kier alpha value is -0.850. The first-order chi connectivity index (χ1) is 16.0. The zero-order chi connectivity index (χ0) is 25.3. The molecular formula is C28H47NO4S. The predicted octanol–water partition coefficient (Wildman–Crippen LogP) is 4.97. The fraction of sp³-hybridized carbons (Fsp3) is 0.857. The van der Waals surface area contributed by atoms with Gasteiger partial charge in [-0.3, -0.25) is 9.59 Å². The Bertz CT molecular complexity index is 770. The van der Waals surface area contributed by atoms with E-state index in [1.165, 1.54) is 0 Å². The summed E-state index contributed by atoms with van der Waals surface area (Å²) in [6.45, 7) is 20.0. The summed E-state index contributed by atoms with van der Waals surface area (Å²) in [5.41, 5.74) is -1.25. The number of carbonyl (C=O) groups excluding carboxylic acids is 2. The van der Waals surface area contributed by atoms with E-state index in [-0.39, 0.29) is 29.1 Å². The maximum Gasteiger partial charge on any atom is 0.316 e. The highest BCUT2D eigenvalue weighted by Gasteiger charge is 2.68. The molecule has 6 heteroatoms. The number of esters is 1. The van der Waals surface area contributed by atoms with Gasteiger partial charge in [0, 0.05) is 35.5 Å². The first-order valence-corrected chi connectivity index (χ1v) is 14.5. The van der Waals surface area contributed by atoms with Crippen molar-refractivity contribution in [3.05, 3.63) is 12.7 Å². The number of carbonyl (C=O) groups is 2. The minimum Gasteiger partial charge on any atom is -0.461 e. The minimum atomic E-state index is -0.624. The van der Waals surface area contributed by atoms with Gasteiger partial charge < -0.3 is 14.7 Å². The highest BCUT2D eigenvalue weighted by molar-refractivity contribution is 7.99. The molecule has 0 amide bonds. The van der Waals surface area contributed by atoms with E-state index in [4.69, 9.17) is 4.74 Å². The van der Waals surface area contributed by atoms with Crippen LogP contribution in [-0.2, 0) is 14.3 Å². The lowest BCUT2D eigenvalue weighted by molar-refractivity contribution is -0.205. The molecular weight excluding hydrogens is 446 g/mol. The van der Waals surface area contributed by atoms with Crippen molar-refractivity contribution in [2.24, 2.45) is 34.0 Å². The van der Waals surface area contributed by atoms with Crippen molar-refractivity contribution in [1.29, 1.82) is 0 Å². The van der Waals surface area contributed by atoms with Gasteiger partial charge in [-0.15, -0.1) is 18.3 Å². The molecule has 3 aliphatic rings. The van der Waals surface area contributed by atoms with E-state index < -0.39 is 23.0 Å². The first-order valence-electron chi connectivity index (χ1n) is 13.3. The van der Waals surface area contributed by atoms with Crippen LogP contribution in [0.5, 0.6) is 0 Å². The molecule has 2 bridgehead atoms. The topological polar surface area (TPSA) is 66.8 Å². The molecule has 0 aromatic carbocycles. The van der Waals surface area contributed by atoms with Crippen molar-refractivity contribution in [1.82, 2.24) is 4.90 Å². The smallest absolute Gasteiger partial charge is 0.316 e. The summed E-state index contributed by atoms with van der Waals surface area (Å²) in [6, 6.07) is 0. The summed E-state index contributed by atoms with van der Waals surface area (Å²) >= 11 is 1.61. The normalized spacial score (nSPS) is 42.1. The molecule has 1 N–H and O–H groups in total. The number of Topliss-reactive ketones (excluding diaryl/α,β-unsaturated/α-hetero) is 1. The van der Waals surface area contributed by atoms with Crippen molar-refractivity contribution < 1.29 is 19.4 Å². The van der Waals surface area contributed by atoms with E-state index in [9.17, 15) is 14.7 Å². The Kier molecular flexibility index (Phi) is 8.68. The number of aliphatic hydroxyl groups is 1. The molecule has 0 spiro atoms. The minimum absolute atomic E-state index is 0.00828. The van der Waals surface area contributed by atoms with E-state index in [0.29, 0.717) is 24.4 Å². The molecule has 3 fully saturated rings. The second-order valence-corrected chi connectivity index (χ2v) is 12.7. The fourth-order valence-corrected chi connectivity index (χ4v) is 8.35. The van der Waals surface area contributed by atoms with Crippen LogP contribution in [0.15, 0.2) is 12.7 Å². The summed E-state index contributed by atoms with van der Waals surface area (Å²) in [5.74, 6) is 1.37. The average molecular weight is 494 g/mol. The maximum absolute atomic E-state index is 13.4. The summed E-state index contributed by atoms with van der Waals surface area (Å²) in [6.07, 6.45) is 4.64. The van der Waals surface area contributed by atoms with Crippen molar-refractivity contribution in [2.45, 2.75) is 85.9 Å². The quantitative estimate of drug-likeness (QED) is 0.278. The summed E-state index contributed by atoms with van der Waals surface area (Å²) in [4.78, 5) is 28.9. The Morgan fingerprint density at radius 3 is 2.56 bits per heavy atom. The molecule has 34 heavy (non-hydrogen) atoms. The second kappa shape index (κ2) is 10.6. The number of aliphatic hydroxyl groups excluding tert-OH is 1. The Morgan fingerprint density at radius 1 is 1.26 bits per heavy atom. The standard InChI is InChI=1S/C28H47NO4S/c1-8-26(6)17-22(33-23(31)18-34-16-15-29(9-2)10-3)27(7)19(4)11-13-28(20(5)25(26)32)14-12-21(30)24(27)28/h8,19-20,22,24-25,32H,1,9-18H2,2-7H3/t19?,20?,22?,24?,25?,26-,27-,28-/m1/s1. The van der Waals surface area contributed by atoms with Crippen LogP contribution in [0.3, 0.4) is 0 Å². The molecule has 0 aromatic heterocycles. The lowest BCUT2D eigenvalue weighted by atomic mass is 9.44. The van der Waals surface area contributed by atoms with Gasteiger partial charge in [-0.2, -0.15) is 0 Å². The largest absolute Gasteiger partial charge is 0.461 e. The Morgan fingerprint density at radius 2 is 1.94 bits per heavy atom. The van der Waals surface area contributed by atoms with Crippen molar-refractivity contribution in [2.75, 3.05) is 31.1 Å². The maximum atomic E-state index is 13.4. The number of hydrogen-bond acceptors (Lipinski definition) is 6. The molecule has 0 heterocycles. The van der Waals surface area contributed by atoms with Crippen LogP contribution in [0.4, 0.5) is 0 Å². The number of rotatable bonds is 9. The van der Waals surface area contributed by atoms with Crippen LogP contribution >= 0.6 is 11.8 Å². The molecule has 0 aliphatic heterocycles. The molecule has 0 radical (unpaired) electrons. The molecule has 3 aliphatic carbocycles. The first kappa shape index (κ1) is 27.7. The SMILES string of the molecule is C=C[C@]1(C)CC(OC(=O)CSCCN(CC)CC)[C@@]2(C)C(C)CC[C@@]3(CCC(=O)C32)C(C)C1O. The molecule has 5 unspecified atom stereocenters. The van der Waals surface area contributed by atoms with Gasteiger partial charge in [0.2, 0.25) is 0 Å². The number of thioether (sulfide) groups is 1. The van der Waals surface area contributed by atoms with E-state index in [2.05, 4.69) is 46.1 Å². The van der Waals surface area contributed by atoms with Crippen LogP contribution in [0, 0.1) is 34.0 Å². The van der Waals surface area contributed by atoms with Crippen LogP contribution in [0.2, 0.25) is 0 Å². The monoisotopic (exact) mass is 493 g/mol. The van der Waals surface area contributed by atoms with Gasteiger partial charge in [0.05, 0.1) is 11.9 Å². The highest BCUT2D eigenvalue weighted by atomic mass is 32.2. The van der Waals surface area contributed by atoms with Gasteiger partial charge in [-0.05, 0) is 56.0 Å². The zero-order valence-electron chi connectivity index (χ0n) is 22.3. The van der Waals surface area contributed by atoms with Crippen LogP contribution in [0.1, 0.15) is 73.6 Å². The third-order valence-corrected chi connectivity index (χ3v) is 11.2. The average Bonchev–Trinajstić information content (AvgIpc) is 3.17. The van der Waals surface area contributed by atoms with Gasteiger partial charge in [0.1, 0.15) is 11.9 Å². The van der Waals surface area contributed by atoms with Crippen LogP contribution in [-0.4, -0.2) is 65.1 Å². The predicted molar refractivity (Wildman–Crippen MR) is 140 cm³/mol. The highest BCUT2D eigenvalue weighted by Crippen LogP contribution is 2.67. The Balaban J connectivity index is 1.88. The van der Waals surface area contributed by atoms with Crippen molar-refractivity contribution >= 4 is 23.5 Å². The number of ketones is 1. The van der Waals surface area contributed by atoms with Gasteiger partial charge in [-0.25, -0.2) is 0 Å². The zero-order valence-corrected chi connectivity index (χ0v) is 23.1. The molecule has 3 saturated carbocycles. The number of nitrogens with zero attached hydrogens (tertiary/aromatic N) is 1. The van der Waals surface area contributed by atoms with E-state index in [0.717, 1.165) is 44.6 Å². The molecule has 194 valence electrons. The van der Waals surface area contributed by atoms with Gasteiger partial charge >= 0.3 is 5.97 Å². The Labute approximate surface area is 211 Å². The molecule has 0 saturated heterocycles. The van der Waals surface area contributed by atoms with Gasteiger partial charge in [0.15, 0.2) is 0 Å². The van der Waals surface area contributed by atoms with Crippen LogP contribution < -0.4 is 0 Å². The summed E-state index contributed by atoms with van der Waals surface area (Å²) in [7, 11) is 0. The van der Waals surface area contributed by atoms with Crippen molar-refractivity contribution in [3.63, 3.8) is 0 Å². The van der Waals surface area contributed by atoms with Gasteiger partial charge in [-0.1, -0.05) is 47.6 Å². The second-order valence-electron chi connectivity index (χ2n) is 11.6. The summed E-state index contributed by atoms with van der Waals surface area (Å²) in [5, 5.41) is 11.6. The number of ether oxygens (including phenoxy) is 1. The van der Waals surface area contributed by atoms with Crippen molar-refractivity contribution in [3.8, 4) is 0 Å². The third-order valence-electron chi connectivity index (χ3n) is 10.2. The van der Waals surface area contributed by atoms with E-state index >= 15 is 0 Å². The van der Waals surface area contributed by atoms with Gasteiger partial charge in [0.25, 0.3) is 0 Å². The molecule has 0 aromatic rings. The molecule has 5 nitrogen and oxygen atoms in total. The third kappa shape index (κ3) is 4.64. The van der Waals surface area contributed by atoms with E-state index in [1.54, 1.807) is 11.8 Å². The molecule has 8 atom stereocenters. The summed E-state index contributed by atoms with van der Waals surface area (Å²) < 4.78 is 6.30. The van der Waals surface area contributed by atoms with E-state index in [1.807, 2.05) is 13.0 Å². The van der Waals surface area contributed by atoms with Crippen LogP contribution in [0.25, 0.3) is 0 Å². The number of hydrogen-bond donors (Lipinski definition) is 1. The fourth-order valence-electron chi connectivity index (χ4n) is 7.58. The molecule has 3 rings (SSSR count). The lowest BCUT2D eigenvalue weighted by Crippen LogP contribution is -2.63. The lowest BCUT2D eigenvalue weighted by Gasteiger charge is -2.61.